The van der Waals surface area contributed by atoms with E-state index < -0.39 is 12.1 Å². The van der Waals surface area contributed by atoms with Crippen molar-refractivity contribution in [2.45, 2.75) is 32.4 Å². The molecule has 9 heteroatoms. The van der Waals surface area contributed by atoms with E-state index in [-0.39, 0.29) is 18.4 Å². The van der Waals surface area contributed by atoms with Crippen molar-refractivity contribution in [3.63, 3.8) is 0 Å². The number of hydrogen-bond acceptors (Lipinski definition) is 6. The summed E-state index contributed by atoms with van der Waals surface area (Å²) >= 11 is 1.30. The molecule has 8 nitrogen and oxygen atoms in total. The zero-order valence-corrected chi connectivity index (χ0v) is 18.9. The summed E-state index contributed by atoms with van der Waals surface area (Å²) in [5.74, 6) is -0.432. The molecule has 1 atom stereocenters. The number of amides is 3. The first-order valence-electron chi connectivity index (χ1n) is 10.6. The van der Waals surface area contributed by atoms with Crippen LogP contribution in [0.2, 0.25) is 0 Å². The predicted octanol–water partition coefficient (Wildman–Crippen LogP) is 4.51. The minimum absolute atomic E-state index is 0.151. The first-order chi connectivity index (χ1) is 16.0. The van der Waals surface area contributed by atoms with Crippen molar-refractivity contribution < 1.29 is 19.1 Å². The van der Waals surface area contributed by atoms with Crippen LogP contribution in [0, 0.1) is 0 Å². The molecule has 33 heavy (non-hydrogen) atoms. The third-order valence-electron chi connectivity index (χ3n) is 5.21. The van der Waals surface area contributed by atoms with Crippen molar-refractivity contribution in [1.82, 2.24) is 9.88 Å². The second kappa shape index (κ2) is 10.3. The van der Waals surface area contributed by atoms with Gasteiger partial charge in [0.2, 0.25) is 11.8 Å². The van der Waals surface area contributed by atoms with E-state index in [1.54, 1.807) is 6.07 Å². The molecule has 0 radical (unpaired) electrons. The van der Waals surface area contributed by atoms with E-state index in [1.807, 2.05) is 53.9 Å². The SMILES string of the molecule is CC(=O)Nc1cccc(-c2csc(NC(=O)C3CCCN3C(=O)OCc3ccccc3)n2)c1. The topological polar surface area (TPSA) is 101 Å². The van der Waals surface area contributed by atoms with Crippen LogP contribution >= 0.6 is 11.3 Å². The van der Waals surface area contributed by atoms with Gasteiger partial charge >= 0.3 is 6.09 Å². The summed E-state index contributed by atoms with van der Waals surface area (Å²) in [4.78, 5) is 42.7. The third kappa shape index (κ3) is 5.75. The molecule has 0 saturated carbocycles. The number of likely N-dealkylation sites (tertiary alicyclic amines) is 1. The summed E-state index contributed by atoms with van der Waals surface area (Å²) in [5.41, 5.74) is 3.08. The van der Waals surface area contributed by atoms with Gasteiger partial charge in [-0.2, -0.15) is 0 Å². The van der Waals surface area contributed by atoms with Gasteiger partial charge in [-0.15, -0.1) is 11.3 Å². The molecular formula is C24H24N4O4S. The second-order valence-corrected chi connectivity index (χ2v) is 8.54. The van der Waals surface area contributed by atoms with Crippen molar-refractivity contribution >= 4 is 40.1 Å². The van der Waals surface area contributed by atoms with Crippen LogP contribution in [0.5, 0.6) is 0 Å². The molecule has 170 valence electrons. The Morgan fingerprint density at radius 3 is 2.73 bits per heavy atom. The fourth-order valence-electron chi connectivity index (χ4n) is 3.67. The molecule has 1 saturated heterocycles. The van der Waals surface area contributed by atoms with Gasteiger partial charge in [0, 0.05) is 30.1 Å². The molecule has 3 amide bonds. The summed E-state index contributed by atoms with van der Waals surface area (Å²) in [7, 11) is 0. The van der Waals surface area contributed by atoms with Gasteiger partial charge in [-0.25, -0.2) is 9.78 Å². The molecule has 0 spiro atoms. The molecule has 2 N–H and O–H groups in total. The van der Waals surface area contributed by atoms with Crippen LogP contribution in [0.3, 0.4) is 0 Å². The number of carbonyl (C=O) groups is 3. The third-order valence-corrected chi connectivity index (χ3v) is 5.97. The van der Waals surface area contributed by atoms with Crippen LogP contribution in [0.4, 0.5) is 15.6 Å². The van der Waals surface area contributed by atoms with E-state index >= 15 is 0 Å². The van der Waals surface area contributed by atoms with Crippen molar-refractivity contribution in [2.75, 3.05) is 17.2 Å². The number of rotatable bonds is 6. The van der Waals surface area contributed by atoms with Crippen LogP contribution in [-0.2, 0) is 20.9 Å². The lowest BCUT2D eigenvalue weighted by molar-refractivity contribution is -0.120. The Balaban J connectivity index is 1.37. The second-order valence-electron chi connectivity index (χ2n) is 7.68. The van der Waals surface area contributed by atoms with Gasteiger partial charge in [-0.3, -0.25) is 14.5 Å². The van der Waals surface area contributed by atoms with Crippen molar-refractivity contribution in [1.29, 1.82) is 0 Å². The largest absolute Gasteiger partial charge is 0.445 e. The molecule has 0 aliphatic carbocycles. The zero-order valence-electron chi connectivity index (χ0n) is 18.1. The maximum atomic E-state index is 12.9. The lowest BCUT2D eigenvalue weighted by atomic mass is 10.1. The summed E-state index contributed by atoms with van der Waals surface area (Å²) in [6.45, 7) is 2.09. The Bertz CT molecular complexity index is 1150. The van der Waals surface area contributed by atoms with E-state index in [9.17, 15) is 14.4 Å². The molecule has 1 unspecified atom stereocenters. The average molecular weight is 465 g/mol. The molecule has 2 heterocycles. The zero-order chi connectivity index (χ0) is 23.2. The number of carbonyl (C=O) groups excluding carboxylic acids is 3. The van der Waals surface area contributed by atoms with E-state index in [4.69, 9.17) is 4.74 Å². The van der Waals surface area contributed by atoms with E-state index in [0.717, 1.165) is 17.5 Å². The lowest BCUT2D eigenvalue weighted by Crippen LogP contribution is -2.43. The van der Waals surface area contributed by atoms with Crippen LogP contribution < -0.4 is 10.6 Å². The number of thiazole rings is 1. The standard InChI is InChI=1S/C24H24N4O4S/c1-16(29)25-19-10-5-9-18(13-19)20-15-33-23(26-20)27-22(30)21-11-6-12-28(21)24(31)32-14-17-7-3-2-4-8-17/h2-5,7-10,13,15,21H,6,11-12,14H2,1H3,(H,25,29)(H,26,27,30). The Kier molecular flexibility index (Phi) is 6.99. The fraction of sp³-hybridized carbons (Fsp3) is 0.250. The monoisotopic (exact) mass is 464 g/mol. The molecule has 2 aromatic carbocycles. The van der Waals surface area contributed by atoms with Crippen molar-refractivity contribution in [2.24, 2.45) is 0 Å². The minimum atomic E-state index is -0.594. The van der Waals surface area contributed by atoms with E-state index in [0.29, 0.717) is 29.5 Å². The van der Waals surface area contributed by atoms with Crippen LogP contribution in [0.15, 0.2) is 60.0 Å². The minimum Gasteiger partial charge on any atom is -0.445 e. The fourth-order valence-corrected chi connectivity index (χ4v) is 4.39. The highest BCUT2D eigenvalue weighted by molar-refractivity contribution is 7.14. The number of anilines is 2. The van der Waals surface area contributed by atoms with E-state index in [1.165, 1.54) is 23.2 Å². The molecule has 1 aromatic heterocycles. The van der Waals surface area contributed by atoms with Gasteiger partial charge in [0.05, 0.1) is 5.69 Å². The number of nitrogens with zero attached hydrogens (tertiary/aromatic N) is 2. The predicted molar refractivity (Wildman–Crippen MR) is 127 cm³/mol. The van der Waals surface area contributed by atoms with Gasteiger partial charge < -0.3 is 15.4 Å². The molecule has 1 aliphatic rings. The smallest absolute Gasteiger partial charge is 0.410 e. The highest BCUT2D eigenvalue weighted by Gasteiger charge is 2.35. The normalized spacial score (nSPS) is 15.2. The van der Waals surface area contributed by atoms with Gasteiger partial charge in [0.25, 0.3) is 0 Å². The molecule has 1 fully saturated rings. The summed E-state index contributed by atoms with van der Waals surface area (Å²) in [6.07, 6.45) is 0.812. The summed E-state index contributed by atoms with van der Waals surface area (Å²) in [6, 6.07) is 16.2. The van der Waals surface area contributed by atoms with Crippen LogP contribution in [-0.4, -0.2) is 40.4 Å². The number of ether oxygens (including phenoxy) is 1. The van der Waals surface area contributed by atoms with E-state index in [2.05, 4.69) is 15.6 Å². The van der Waals surface area contributed by atoms with Crippen LogP contribution in [0.1, 0.15) is 25.3 Å². The number of hydrogen-bond donors (Lipinski definition) is 2. The maximum Gasteiger partial charge on any atom is 0.410 e. The maximum absolute atomic E-state index is 12.9. The molecule has 1 aliphatic heterocycles. The quantitative estimate of drug-likeness (QED) is 0.559. The van der Waals surface area contributed by atoms with Crippen LogP contribution in [0.25, 0.3) is 11.3 Å². The van der Waals surface area contributed by atoms with Gasteiger partial charge in [-0.1, -0.05) is 42.5 Å². The molecular weight excluding hydrogens is 440 g/mol. The number of benzene rings is 2. The van der Waals surface area contributed by atoms with Crippen molar-refractivity contribution in [3.05, 3.63) is 65.5 Å². The lowest BCUT2D eigenvalue weighted by Gasteiger charge is -2.22. The Morgan fingerprint density at radius 1 is 1.12 bits per heavy atom. The Labute approximate surface area is 195 Å². The molecule has 3 aromatic rings. The summed E-state index contributed by atoms with van der Waals surface area (Å²) < 4.78 is 5.41. The highest BCUT2D eigenvalue weighted by Crippen LogP contribution is 2.28. The van der Waals surface area contributed by atoms with Gasteiger partial charge in [0.1, 0.15) is 12.6 Å². The van der Waals surface area contributed by atoms with Gasteiger partial charge in [-0.05, 0) is 30.5 Å². The van der Waals surface area contributed by atoms with Crippen molar-refractivity contribution in [3.8, 4) is 11.3 Å². The highest BCUT2D eigenvalue weighted by atomic mass is 32.1. The van der Waals surface area contributed by atoms with Gasteiger partial charge in [0.15, 0.2) is 5.13 Å². The average Bonchev–Trinajstić information content (AvgIpc) is 3.48. The summed E-state index contributed by atoms with van der Waals surface area (Å²) in [5, 5.41) is 7.86. The number of nitrogens with one attached hydrogen (secondary N) is 2. The Morgan fingerprint density at radius 2 is 1.94 bits per heavy atom. The molecule has 4 rings (SSSR count). The number of aromatic nitrogens is 1. The Hall–Kier alpha value is -3.72. The first-order valence-corrected chi connectivity index (χ1v) is 11.5. The first kappa shape index (κ1) is 22.5. The molecule has 0 bridgehead atoms.